The number of allylic oxidation sites excluding steroid dienone is 2. The van der Waals surface area contributed by atoms with E-state index in [1.54, 1.807) is 18.2 Å². The molecule has 0 saturated heterocycles. The molecular weight excluding hydrogens is 347 g/mol. The molecule has 1 aliphatic heterocycles. The molecule has 4 nitrogen and oxygen atoms in total. The third-order valence-corrected chi connectivity index (χ3v) is 3.78. The molecule has 0 atom stereocenters. The minimum atomic E-state index is -4.38. The van der Waals surface area contributed by atoms with Crippen molar-refractivity contribution in [1.82, 2.24) is 0 Å². The Kier molecular flexibility index (Phi) is 4.88. The van der Waals surface area contributed by atoms with Crippen molar-refractivity contribution in [2.75, 3.05) is 18.5 Å². The van der Waals surface area contributed by atoms with Crippen LogP contribution in [0.4, 0.5) is 18.9 Å². The Morgan fingerprint density at radius 3 is 2.27 bits per heavy atom. The number of carbonyl (C=O) groups excluding carboxylic acids is 1. The number of amides is 1. The fraction of sp³-hybridized carbons (Fsp3) is 0.211. The highest BCUT2D eigenvalue weighted by Gasteiger charge is 2.23. The fourth-order valence-corrected chi connectivity index (χ4v) is 2.54. The molecule has 136 valence electrons. The minimum Gasteiger partial charge on any atom is -0.486 e. The van der Waals surface area contributed by atoms with Gasteiger partial charge in [0.15, 0.2) is 11.5 Å². The lowest BCUT2D eigenvalue weighted by molar-refractivity contribution is -0.0793. The number of benzene rings is 2. The molecule has 26 heavy (non-hydrogen) atoms. The number of carbonyl (C=O) groups is 1. The summed E-state index contributed by atoms with van der Waals surface area (Å²) in [7, 11) is 0. The number of rotatable bonds is 3. The number of fused-ring (bicyclic) bond motifs is 1. The molecule has 2 aromatic carbocycles. The SMILES string of the molecule is CC(=CC(F)(F)F)c1ccc(C(=O)Nc2ccc3c(c2)OCCO3)cc1. The molecule has 1 heterocycles. The van der Waals surface area contributed by atoms with Crippen LogP contribution < -0.4 is 14.8 Å². The van der Waals surface area contributed by atoms with E-state index in [1.165, 1.54) is 31.2 Å². The maximum absolute atomic E-state index is 12.4. The van der Waals surface area contributed by atoms with Crippen molar-refractivity contribution >= 4 is 17.2 Å². The summed E-state index contributed by atoms with van der Waals surface area (Å²) in [6.45, 7) is 2.29. The molecule has 0 saturated carbocycles. The smallest absolute Gasteiger partial charge is 0.410 e. The van der Waals surface area contributed by atoms with E-state index in [0.29, 0.717) is 41.5 Å². The summed E-state index contributed by atoms with van der Waals surface area (Å²) in [5, 5.41) is 2.73. The summed E-state index contributed by atoms with van der Waals surface area (Å²) in [4.78, 5) is 12.3. The van der Waals surface area contributed by atoms with Crippen molar-refractivity contribution in [2.24, 2.45) is 0 Å². The molecule has 7 heteroatoms. The van der Waals surface area contributed by atoms with Gasteiger partial charge in [0.25, 0.3) is 5.91 Å². The molecule has 1 N–H and O–H groups in total. The van der Waals surface area contributed by atoms with Gasteiger partial charge in [0.05, 0.1) is 0 Å². The van der Waals surface area contributed by atoms with Gasteiger partial charge in [0, 0.05) is 23.4 Å². The van der Waals surface area contributed by atoms with E-state index in [2.05, 4.69) is 5.32 Å². The normalized spacial score (nSPS) is 14.1. The zero-order valence-corrected chi connectivity index (χ0v) is 13.9. The van der Waals surface area contributed by atoms with Crippen LogP contribution in [0, 0.1) is 0 Å². The lowest BCUT2D eigenvalue weighted by atomic mass is 10.0. The van der Waals surface area contributed by atoms with Crippen molar-refractivity contribution in [3.05, 3.63) is 59.7 Å². The van der Waals surface area contributed by atoms with Gasteiger partial charge < -0.3 is 14.8 Å². The van der Waals surface area contributed by atoms with Crippen LogP contribution in [-0.4, -0.2) is 25.3 Å². The third kappa shape index (κ3) is 4.36. The van der Waals surface area contributed by atoms with Gasteiger partial charge in [-0.1, -0.05) is 12.1 Å². The third-order valence-electron chi connectivity index (χ3n) is 3.78. The van der Waals surface area contributed by atoms with Crippen molar-refractivity contribution in [2.45, 2.75) is 13.1 Å². The second kappa shape index (κ2) is 7.11. The number of hydrogen-bond donors (Lipinski definition) is 1. The van der Waals surface area contributed by atoms with E-state index in [4.69, 9.17) is 9.47 Å². The van der Waals surface area contributed by atoms with E-state index in [-0.39, 0.29) is 17.6 Å². The maximum Gasteiger partial charge on any atom is 0.410 e. The number of anilines is 1. The topological polar surface area (TPSA) is 47.6 Å². The van der Waals surface area contributed by atoms with Crippen molar-refractivity contribution in [3.8, 4) is 11.5 Å². The molecule has 0 aliphatic carbocycles. The summed E-state index contributed by atoms with van der Waals surface area (Å²) in [5.41, 5.74) is 1.36. The second-order valence-corrected chi connectivity index (χ2v) is 5.76. The van der Waals surface area contributed by atoms with Crippen molar-refractivity contribution in [3.63, 3.8) is 0 Å². The summed E-state index contributed by atoms with van der Waals surface area (Å²) in [6.07, 6.45) is -4.14. The van der Waals surface area contributed by atoms with Gasteiger partial charge in [-0.05, 0) is 42.3 Å². The first-order valence-corrected chi connectivity index (χ1v) is 7.89. The van der Waals surface area contributed by atoms with Crippen LogP contribution in [0.3, 0.4) is 0 Å². The highest BCUT2D eigenvalue weighted by Crippen LogP contribution is 2.32. The number of hydrogen-bond acceptors (Lipinski definition) is 3. The number of nitrogens with one attached hydrogen (secondary N) is 1. The van der Waals surface area contributed by atoms with E-state index in [1.807, 2.05) is 0 Å². The predicted octanol–water partition coefficient (Wildman–Crippen LogP) is 4.68. The van der Waals surface area contributed by atoms with E-state index in [0.717, 1.165) is 0 Å². The summed E-state index contributed by atoms with van der Waals surface area (Å²) in [6, 6.07) is 11.0. The van der Waals surface area contributed by atoms with Gasteiger partial charge in [0.2, 0.25) is 0 Å². The molecule has 0 fully saturated rings. The van der Waals surface area contributed by atoms with Gasteiger partial charge in [0.1, 0.15) is 13.2 Å². The number of ether oxygens (including phenoxy) is 2. The number of halogens is 3. The largest absolute Gasteiger partial charge is 0.486 e. The van der Waals surface area contributed by atoms with Crippen LogP contribution in [0.1, 0.15) is 22.8 Å². The fourth-order valence-electron chi connectivity index (χ4n) is 2.54. The first kappa shape index (κ1) is 17.8. The monoisotopic (exact) mass is 363 g/mol. The lowest BCUT2D eigenvalue weighted by Crippen LogP contribution is -2.16. The summed E-state index contributed by atoms with van der Waals surface area (Å²) >= 11 is 0. The molecule has 0 aromatic heterocycles. The summed E-state index contributed by atoms with van der Waals surface area (Å²) < 4.78 is 48.1. The second-order valence-electron chi connectivity index (χ2n) is 5.76. The standard InChI is InChI=1S/C19H16F3NO3/c1-12(11-19(20,21)22)13-2-4-14(5-3-13)18(24)23-15-6-7-16-17(10-15)26-9-8-25-16/h2-7,10-11H,8-9H2,1H3,(H,23,24). The van der Waals surface area contributed by atoms with E-state index < -0.39 is 6.18 Å². The van der Waals surface area contributed by atoms with E-state index in [9.17, 15) is 18.0 Å². The van der Waals surface area contributed by atoms with Crippen molar-refractivity contribution < 1.29 is 27.4 Å². The molecule has 0 unspecified atom stereocenters. The molecule has 1 aliphatic rings. The minimum absolute atomic E-state index is 0.0799. The molecule has 2 aromatic rings. The Bertz CT molecular complexity index is 842. The lowest BCUT2D eigenvalue weighted by Gasteiger charge is -2.19. The average Bonchev–Trinajstić information content (AvgIpc) is 2.60. The molecule has 0 spiro atoms. The first-order valence-electron chi connectivity index (χ1n) is 7.89. The molecule has 3 rings (SSSR count). The van der Waals surface area contributed by atoms with Crippen LogP contribution in [0.25, 0.3) is 5.57 Å². The van der Waals surface area contributed by atoms with E-state index >= 15 is 0 Å². The Morgan fingerprint density at radius 2 is 1.62 bits per heavy atom. The number of alkyl halides is 3. The van der Waals surface area contributed by atoms with Crippen LogP contribution >= 0.6 is 0 Å². The molecule has 0 radical (unpaired) electrons. The van der Waals surface area contributed by atoms with Crippen molar-refractivity contribution in [1.29, 1.82) is 0 Å². The Balaban J connectivity index is 1.71. The van der Waals surface area contributed by atoms with Crippen LogP contribution in [0.5, 0.6) is 11.5 Å². The van der Waals surface area contributed by atoms with Gasteiger partial charge in [-0.3, -0.25) is 4.79 Å². The highest BCUT2D eigenvalue weighted by molar-refractivity contribution is 6.04. The van der Waals surface area contributed by atoms with Gasteiger partial charge in [-0.2, -0.15) is 13.2 Å². The Morgan fingerprint density at radius 1 is 1.00 bits per heavy atom. The highest BCUT2D eigenvalue weighted by atomic mass is 19.4. The quantitative estimate of drug-likeness (QED) is 0.862. The van der Waals surface area contributed by atoms with Crippen LogP contribution in [0.2, 0.25) is 0 Å². The molecular formula is C19H16F3NO3. The maximum atomic E-state index is 12.4. The van der Waals surface area contributed by atoms with Crippen LogP contribution in [0.15, 0.2) is 48.5 Å². The van der Waals surface area contributed by atoms with Gasteiger partial charge >= 0.3 is 6.18 Å². The summed E-state index contributed by atoms with van der Waals surface area (Å²) in [5.74, 6) is 0.800. The molecule has 1 amide bonds. The van der Waals surface area contributed by atoms with Gasteiger partial charge in [-0.15, -0.1) is 0 Å². The average molecular weight is 363 g/mol. The Labute approximate surface area is 148 Å². The Hall–Kier alpha value is -2.96. The zero-order valence-electron chi connectivity index (χ0n) is 13.9. The zero-order chi connectivity index (χ0) is 18.7. The van der Waals surface area contributed by atoms with Gasteiger partial charge in [-0.25, -0.2) is 0 Å². The first-order chi connectivity index (χ1) is 12.3. The predicted molar refractivity (Wildman–Crippen MR) is 91.5 cm³/mol. The van der Waals surface area contributed by atoms with Crippen LogP contribution in [-0.2, 0) is 0 Å². The molecule has 0 bridgehead atoms.